The fourth-order valence-corrected chi connectivity index (χ4v) is 6.65. The van der Waals surface area contributed by atoms with Gasteiger partial charge in [-0.05, 0) is 61.4 Å². The average Bonchev–Trinajstić information content (AvgIpc) is 3.71. The van der Waals surface area contributed by atoms with Gasteiger partial charge in [0, 0.05) is 44.8 Å². The number of rotatable bonds is 9. The summed E-state index contributed by atoms with van der Waals surface area (Å²) in [6.07, 6.45) is 3.27. The molecule has 0 spiro atoms. The van der Waals surface area contributed by atoms with Crippen molar-refractivity contribution in [2.45, 2.75) is 55.4 Å². The summed E-state index contributed by atoms with van der Waals surface area (Å²) in [5.41, 5.74) is 0.223. The van der Waals surface area contributed by atoms with Gasteiger partial charge in [-0.15, -0.1) is 0 Å². The van der Waals surface area contributed by atoms with Gasteiger partial charge >= 0.3 is 0 Å². The van der Waals surface area contributed by atoms with Crippen LogP contribution in [0.4, 0.5) is 0 Å². The summed E-state index contributed by atoms with van der Waals surface area (Å²) in [6.45, 7) is 3.58. The van der Waals surface area contributed by atoms with E-state index in [1.54, 1.807) is 56.3 Å². The third-order valence-corrected chi connectivity index (χ3v) is 9.26. The fraction of sp³-hybridized carbons (Fsp3) is 0.379. The molecule has 0 saturated heterocycles. The number of aromatic nitrogens is 1. The van der Waals surface area contributed by atoms with Crippen LogP contribution in [-0.4, -0.2) is 75.3 Å². The van der Waals surface area contributed by atoms with E-state index in [9.17, 15) is 15.0 Å². The number of halogens is 1. The number of fused-ring (bicyclic) bond motifs is 1. The van der Waals surface area contributed by atoms with E-state index in [4.69, 9.17) is 21.1 Å². The van der Waals surface area contributed by atoms with Gasteiger partial charge in [0.2, 0.25) is 5.88 Å². The van der Waals surface area contributed by atoms with Crippen LogP contribution in [0.5, 0.6) is 5.88 Å². The Morgan fingerprint density at radius 1 is 1.02 bits per heavy atom. The second kappa shape index (κ2) is 9.94. The van der Waals surface area contributed by atoms with Gasteiger partial charge in [-0.3, -0.25) is 9.69 Å². The molecule has 0 unspecified atom stereocenters. The molecular formula is C29H35B4ClN2O5. The third-order valence-electron chi connectivity index (χ3n) is 9.01. The highest BCUT2D eigenvalue weighted by Crippen LogP contribution is 2.61. The Hall–Kier alpha value is -2.71. The highest BCUT2D eigenvalue weighted by molar-refractivity contribution is 6.45. The number of pyridine rings is 1. The summed E-state index contributed by atoms with van der Waals surface area (Å²) in [7, 11) is 9.20. The maximum atomic E-state index is 14.5. The molecule has 2 aliphatic rings. The molecule has 0 bridgehead atoms. The molecule has 1 aliphatic carbocycles. The molecule has 0 radical (unpaired) electrons. The maximum absolute atomic E-state index is 14.5. The second-order valence-electron chi connectivity index (χ2n) is 12.8. The SMILES string of the molecule is BC(B)(O)C1(C(B)(B)O[C@]2(c3ccc(Cl)cc3)c3ccc(C(C)(C)O)cc3C(=O)N2Cc2ccc(OC)nc2)CC1. The van der Waals surface area contributed by atoms with Crippen molar-refractivity contribution in [1.82, 2.24) is 9.88 Å². The number of carbonyl (C=O) groups excluding carboxylic acids is 1. The maximum Gasteiger partial charge on any atom is 0.257 e. The van der Waals surface area contributed by atoms with E-state index in [1.807, 2.05) is 61.7 Å². The molecule has 3 aromatic rings. The Morgan fingerprint density at radius 3 is 2.20 bits per heavy atom. The fourth-order valence-electron chi connectivity index (χ4n) is 6.52. The molecule has 2 N–H and O–H groups in total. The molecule has 7 nitrogen and oxygen atoms in total. The van der Waals surface area contributed by atoms with Crippen LogP contribution in [0, 0.1) is 5.41 Å². The number of nitrogens with zero attached hydrogens (tertiary/aromatic N) is 2. The van der Waals surface area contributed by atoms with Gasteiger partial charge in [0.05, 0.1) is 19.3 Å². The molecule has 1 aliphatic heterocycles. The number of ether oxygens (including phenoxy) is 2. The first kappa shape index (κ1) is 29.8. The van der Waals surface area contributed by atoms with Crippen LogP contribution < -0.4 is 4.74 Å². The van der Waals surface area contributed by atoms with Crippen molar-refractivity contribution in [3.8, 4) is 5.88 Å². The highest BCUT2D eigenvalue weighted by atomic mass is 35.5. The summed E-state index contributed by atoms with van der Waals surface area (Å²) in [5, 5.41) is 20.8. The zero-order chi connectivity index (χ0) is 30.0. The lowest BCUT2D eigenvalue weighted by molar-refractivity contribution is -0.168. The molecule has 2 aromatic carbocycles. The molecule has 1 amide bonds. The van der Waals surface area contributed by atoms with Crippen molar-refractivity contribution in [3.63, 3.8) is 0 Å². The van der Waals surface area contributed by atoms with E-state index in [0.717, 1.165) is 24.0 Å². The lowest BCUT2D eigenvalue weighted by Crippen LogP contribution is -2.62. The summed E-state index contributed by atoms with van der Waals surface area (Å²) in [4.78, 5) is 20.5. The number of aliphatic hydroxyl groups is 2. The molecule has 5 rings (SSSR count). The lowest BCUT2D eigenvalue weighted by atomic mass is 9.43. The minimum Gasteiger partial charge on any atom is -0.481 e. The Labute approximate surface area is 250 Å². The van der Waals surface area contributed by atoms with Gasteiger partial charge in [-0.2, -0.15) is 0 Å². The molecule has 1 atom stereocenters. The number of methoxy groups -OCH3 is 1. The molecule has 1 fully saturated rings. The number of amides is 1. The van der Waals surface area contributed by atoms with Gasteiger partial charge in [-0.25, -0.2) is 4.98 Å². The van der Waals surface area contributed by atoms with Crippen LogP contribution >= 0.6 is 11.6 Å². The predicted molar refractivity (Wildman–Crippen MR) is 169 cm³/mol. The topological polar surface area (TPSA) is 92.1 Å². The van der Waals surface area contributed by atoms with Crippen molar-refractivity contribution in [1.29, 1.82) is 0 Å². The number of hydrogen-bond acceptors (Lipinski definition) is 6. The van der Waals surface area contributed by atoms with Crippen molar-refractivity contribution in [3.05, 3.63) is 93.6 Å². The van der Waals surface area contributed by atoms with Gasteiger partial charge in [-0.1, -0.05) is 41.9 Å². The molecule has 1 saturated carbocycles. The molecular weight excluding hydrogens is 535 g/mol. The zero-order valence-electron chi connectivity index (χ0n) is 24.8. The Kier molecular flexibility index (Phi) is 7.22. The second-order valence-corrected chi connectivity index (χ2v) is 13.3. The van der Waals surface area contributed by atoms with E-state index in [2.05, 4.69) is 4.98 Å². The molecule has 12 heteroatoms. The largest absolute Gasteiger partial charge is 0.481 e. The summed E-state index contributed by atoms with van der Waals surface area (Å²) in [5.74, 6) is 0.238. The first-order valence-corrected chi connectivity index (χ1v) is 14.3. The van der Waals surface area contributed by atoms with E-state index >= 15 is 0 Å². The summed E-state index contributed by atoms with van der Waals surface area (Å²) >= 11 is 6.33. The van der Waals surface area contributed by atoms with Crippen LogP contribution in [0.15, 0.2) is 60.8 Å². The van der Waals surface area contributed by atoms with Crippen LogP contribution in [0.3, 0.4) is 0 Å². The monoisotopic (exact) mass is 570 g/mol. The van der Waals surface area contributed by atoms with E-state index in [-0.39, 0.29) is 12.5 Å². The van der Waals surface area contributed by atoms with E-state index in [1.165, 1.54) is 0 Å². The molecule has 1 aromatic heterocycles. The van der Waals surface area contributed by atoms with Gasteiger partial charge in [0.25, 0.3) is 5.91 Å². The van der Waals surface area contributed by atoms with Crippen molar-refractivity contribution >= 4 is 48.9 Å². The Balaban J connectivity index is 1.76. The normalized spacial score (nSPS) is 20.1. The summed E-state index contributed by atoms with van der Waals surface area (Å²) in [6, 6.07) is 16.5. The minimum absolute atomic E-state index is 0.191. The van der Waals surface area contributed by atoms with Crippen LogP contribution in [-0.2, 0) is 22.6 Å². The number of benzene rings is 2. The minimum atomic E-state index is -1.36. The predicted octanol–water partition coefficient (Wildman–Crippen LogP) is 0.457. The zero-order valence-corrected chi connectivity index (χ0v) is 25.5. The smallest absolute Gasteiger partial charge is 0.257 e. The molecule has 210 valence electrons. The molecule has 2 heterocycles. The number of carbonyl (C=O) groups is 1. The first-order valence-electron chi connectivity index (χ1n) is 13.9. The van der Waals surface area contributed by atoms with E-state index in [0.29, 0.717) is 27.6 Å². The van der Waals surface area contributed by atoms with Gasteiger partial charge in [0.15, 0.2) is 5.72 Å². The quantitative estimate of drug-likeness (QED) is 0.364. The average molecular weight is 570 g/mol. The highest BCUT2D eigenvalue weighted by Gasteiger charge is 2.66. The summed E-state index contributed by atoms with van der Waals surface area (Å²) < 4.78 is 12.6. The van der Waals surface area contributed by atoms with Crippen molar-refractivity contribution < 1.29 is 24.5 Å². The Morgan fingerprint density at radius 2 is 1.68 bits per heavy atom. The van der Waals surface area contributed by atoms with Crippen molar-refractivity contribution in [2.75, 3.05) is 7.11 Å². The number of hydrogen-bond donors (Lipinski definition) is 2. The first-order chi connectivity index (χ1) is 19.1. The van der Waals surface area contributed by atoms with Crippen LogP contribution in [0.25, 0.3) is 0 Å². The lowest BCUT2D eigenvalue weighted by Gasteiger charge is -2.51. The van der Waals surface area contributed by atoms with Crippen LogP contribution in [0.2, 0.25) is 5.02 Å². The standard InChI is InChI=1S/C29H35B4ClN2O5/c1-25(2,38)19-7-10-22-21(14-19)24(37)36(16-17-4-11-23(40-3)35-15-17)27(22,18-5-8-20(34)9-6-18)41-29(32,33)26(12-13-26)28(30,31)39/h4-11,14-15,38-39H,12-13,16,30-33H2,1-3H3/t27-/m1/s1. The Bertz CT molecular complexity index is 1470. The van der Waals surface area contributed by atoms with Gasteiger partial charge < -0.3 is 19.7 Å². The molecule has 41 heavy (non-hydrogen) atoms. The van der Waals surface area contributed by atoms with E-state index < -0.39 is 27.5 Å². The van der Waals surface area contributed by atoms with Gasteiger partial charge in [0.1, 0.15) is 31.4 Å². The third kappa shape index (κ3) is 4.91. The van der Waals surface area contributed by atoms with Crippen LogP contribution in [0.1, 0.15) is 59.3 Å². The van der Waals surface area contributed by atoms with Crippen molar-refractivity contribution in [2.24, 2.45) is 5.41 Å².